The lowest BCUT2D eigenvalue weighted by Crippen LogP contribution is -1.93. The maximum absolute atomic E-state index is 5.14. The van der Waals surface area contributed by atoms with Gasteiger partial charge in [0, 0.05) is 40.8 Å². The van der Waals surface area contributed by atoms with E-state index in [2.05, 4.69) is 0 Å². The van der Waals surface area contributed by atoms with Crippen molar-refractivity contribution in [3.05, 3.63) is 0 Å². The average molecular weight is 242 g/mol. The Morgan fingerprint density at radius 2 is 0.929 bits per heavy atom. The van der Waals surface area contributed by atoms with Crippen LogP contribution in [-0.2, 0) is 18.1 Å². The van der Waals surface area contributed by atoms with Crippen LogP contribution in [0.25, 0.3) is 0 Å². The van der Waals surface area contributed by atoms with Gasteiger partial charge in [0.05, 0.1) is 0 Å². The molecule has 14 heavy (non-hydrogen) atoms. The molecule has 6 heteroatoms. The first-order valence-corrected chi connectivity index (χ1v) is 7.22. The van der Waals surface area contributed by atoms with Gasteiger partial charge in [-0.05, 0) is 12.8 Å². The van der Waals surface area contributed by atoms with E-state index in [1.807, 2.05) is 0 Å². The monoisotopic (exact) mass is 242 g/mol. The fourth-order valence-electron chi connectivity index (χ4n) is 0.996. The molecule has 0 heterocycles. The smallest absolute Gasteiger partial charge is 0.169 e. The molecule has 0 aliphatic heterocycles. The Balaban J connectivity index is 3.35. The molecule has 4 nitrogen and oxygen atoms in total. The molecule has 0 amide bonds. The second kappa shape index (κ2) is 10.2. The minimum atomic E-state index is -0.670. The lowest BCUT2D eigenvalue weighted by atomic mass is 10.4. The minimum absolute atomic E-state index is 0.670. The van der Waals surface area contributed by atoms with Crippen LogP contribution in [-0.4, -0.2) is 40.8 Å². The lowest BCUT2D eigenvalue weighted by molar-refractivity contribution is 0.335. The minimum Gasteiger partial charge on any atom is -0.337 e. The second-order valence-corrected chi connectivity index (χ2v) is 6.24. The van der Waals surface area contributed by atoms with E-state index in [-0.39, 0.29) is 0 Å². The largest absolute Gasteiger partial charge is 0.337 e. The third-order valence-electron chi connectivity index (χ3n) is 1.75. The van der Waals surface area contributed by atoms with Crippen LogP contribution in [0.15, 0.2) is 0 Å². The van der Waals surface area contributed by atoms with Crippen molar-refractivity contribution in [1.82, 2.24) is 0 Å². The molecule has 0 rings (SSSR count). The van der Waals surface area contributed by atoms with E-state index in [9.17, 15) is 0 Å². The maximum Gasteiger partial charge on any atom is 0.169 e. The Bertz CT molecular complexity index is 104. The maximum atomic E-state index is 5.14. The quantitative estimate of drug-likeness (QED) is 0.460. The van der Waals surface area contributed by atoms with E-state index in [4.69, 9.17) is 18.1 Å². The highest BCUT2D eigenvalue weighted by molar-refractivity contribution is 7.47. The molecule has 0 N–H and O–H groups in total. The van der Waals surface area contributed by atoms with Gasteiger partial charge in [-0.15, -0.1) is 0 Å². The zero-order valence-corrected chi connectivity index (χ0v) is 11.1. The summed E-state index contributed by atoms with van der Waals surface area (Å²) >= 11 is 0. The van der Waals surface area contributed by atoms with Crippen molar-refractivity contribution in [3.8, 4) is 0 Å². The summed E-state index contributed by atoms with van der Waals surface area (Å²) in [6.07, 6.45) is 4.16. The fourth-order valence-corrected chi connectivity index (χ4v) is 2.99. The molecule has 0 bridgehead atoms. The van der Waals surface area contributed by atoms with Crippen molar-refractivity contribution < 1.29 is 18.1 Å². The second-order valence-electron chi connectivity index (χ2n) is 2.55. The Labute approximate surface area is 89.1 Å². The highest BCUT2D eigenvalue weighted by atomic mass is 31.2. The van der Waals surface area contributed by atoms with Gasteiger partial charge in [0.2, 0.25) is 0 Å². The molecule has 0 aliphatic rings. The third-order valence-corrected chi connectivity index (χ3v) is 4.74. The van der Waals surface area contributed by atoms with Crippen LogP contribution < -0.4 is 0 Å². The Kier molecular flexibility index (Phi) is 10.7. The lowest BCUT2D eigenvalue weighted by Gasteiger charge is -2.13. The summed E-state index contributed by atoms with van der Waals surface area (Å²) in [6.45, 7) is 0. The van der Waals surface area contributed by atoms with Crippen molar-refractivity contribution in [3.63, 3.8) is 0 Å². The molecule has 0 fully saturated rings. The van der Waals surface area contributed by atoms with Crippen LogP contribution in [0.4, 0.5) is 0 Å². The number of hydrogen-bond acceptors (Lipinski definition) is 4. The Morgan fingerprint density at radius 3 is 1.14 bits per heavy atom. The van der Waals surface area contributed by atoms with Gasteiger partial charge in [0.15, 0.2) is 16.8 Å². The van der Waals surface area contributed by atoms with Gasteiger partial charge < -0.3 is 18.1 Å². The zero-order valence-electron chi connectivity index (χ0n) is 9.36. The first-order chi connectivity index (χ1) is 6.78. The van der Waals surface area contributed by atoms with E-state index < -0.39 is 16.8 Å². The van der Waals surface area contributed by atoms with Gasteiger partial charge >= 0.3 is 0 Å². The first-order valence-electron chi connectivity index (χ1n) is 4.50. The predicted molar refractivity (Wildman–Crippen MR) is 60.8 cm³/mol. The molecule has 86 valence electrons. The molecule has 0 spiro atoms. The van der Waals surface area contributed by atoms with Gasteiger partial charge in [-0.1, -0.05) is 0 Å². The van der Waals surface area contributed by atoms with E-state index in [0.717, 1.165) is 25.2 Å². The normalized spacial score (nSPS) is 11.6. The van der Waals surface area contributed by atoms with E-state index >= 15 is 0 Å². The summed E-state index contributed by atoms with van der Waals surface area (Å²) in [5.41, 5.74) is 0. The zero-order chi connectivity index (χ0) is 10.8. The molecule has 0 saturated carbocycles. The standard InChI is InChI=1S/C8H20O4P2/c1-9-13(10-2)7-5-6-8-14(11-3)12-4/h5-8H2,1-4H3. The molecular formula is C8H20O4P2. The predicted octanol–water partition coefficient (Wildman–Crippen LogP) is 2.98. The fraction of sp³-hybridized carbons (Fsp3) is 1.00. The topological polar surface area (TPSA) is 36.9 Å². The number of rotatable bonds is 9. The van der Waals surface area contributed by atoms with Gasteiger partial charge in [-0.2, -0.15) is 0 Å². The number of hydrogen-bond donors (Lipinski definition) is 0. The highest BCUT2D eigenvalue weighted by Crippen LogP contribution is 2.40. The SMILES string of the molecule is COP(CCCCP(OC)OC)OC. The summed E-state index contributed by atoms with van der Waals surface area (Å²) in [4.78, 5) is 0. The Morgan fingerprint density at radius 1 is 0.643 bits per heavy atom. The molecule has 0 aromatic carbocycles. The van der Waals surface area contributed by atoms with Crippen molar-refractivity contribution >= 4 is 16.8 Å². The van der Waals surface area contributed by atoms with Crippen LogP contribution >= 0.6 is 16.8 Å². The van der Waals surface area contributed by atoms with E-state index in [1.54, 1.807) is 28.4 Å². The van der Waals surface area contributed by atoms with Crippen molar-refractivity contribution in [1.29, 1.82) is 0 Å². The van der Waals surface area contributed by atoms with Gasteiger partial charge in [-0.25, -0.2) is 0 Å². The van der Waals surface area contributed by atoms with Crippen molar-refractivity contribution in [2.75, 3.05) is 40.8 Å². The summed E-state index contributed by atoms with van der Waals surface area (Å²) in [5.74, 6) is 0. The summed E-state index contributed by atoms with van der Waals surface area (Å²) in [5, 5.41) is 0. The molecular weight excluding hydrogens is 222 g/mol. The molecule has 0 aliphatic carbocycles. The van der Waals surface area contributed by atoms with Crippen molar-refractivity contribution in [2.45, 2.75) is 12.8 Å². The van der Waals surface area contributed by atoms with Crippen LogP contribution in [0.5, 0.6) is 0 Å². The molecule has 0 saturated heterocycles. The molecule has 0 aromatic rings. The summed E-state index contributed by atoms with van der Waals surface area (Å²) < 4.78 is 20.6. The third kappa shape index (κ3) is 7.05. The van der Waals surface area contributed by atoms with E-state index in [1.165, 1.54) is 0 Å². The molecule has 0 radical (unpaired) electrons. The van der Waals surface area contributed by atoms with Crippen LogP contribution in [0.3, 0.4) is 0 Å². The van der Waals surface area contributed by atoms with Gasteiger partial charge in [-0.3, -0.25) is 0 Å². The Hall–Kier alpha value is 0.700. The van der Waals surface area contributed by atoms with Crippen LogP contribution in [0, 0.1) is 0 Å². The van der Waals surface area contributed by atoms with E-state index in [0.29, 0.717) is 0 Å². The number of unbranched alkanes of at least 4 members (excludes halogenated alkanes) is 1. The molecule has 0 atom stereocenters. The molecule has 0 unspecified atom stereocenters. The van der Waals surface area contributed by atoms with Gasteiger partial charge in [0.25, 0.3) is 0 Å². The first kappa shape index (κ1) is 14.7. The highest BCUT2D eigenvalue weighted by Gasteiger charge is 2.08. The van der Waals surface area contributed by atoms with Gasteiger partial charge in [0.1, 0.15) is 0 Å². The van der Waals surface area contributed by atoms with Crippen LogP contribution in [0.1, 0.15) is 12.8 Å². The summed E-state index contributed by atoms with van der Waals surface area (Å²) in [6, 6.07) is 0. The molecule has 0 aromatic heterocycles. The summed E-state index contributed by atoms with van der Waals surface area (Å²) in [7, 11) is 5.41. The van der Waals surface area contributed by atoms with Crippen LogP contribution in [0.2, 0.25) is 0 Å². The van der Waals surface area contributed by atoms with Crippen molar-refractivity contribution in [2.24, 2.45) is 0 Å². The average Bonchev–Trinajstić information content (AvgIpc) is 2.24.